The van der Waals surface area contributed by atoms with Crippen molar-refractivity contribution in [2.75, 3.05) is 19.0 Å². The number of anilines is 1. The lowest BCUT2D eigenvalue weighted by Crippen LogP contribution is -2.40. The molecule has 176 valence electrons. The lowest BCUT2D eigenvalue weighted by molar-refractivity contribution is 0.0608. The molecule has 0 saturated heterocycles. The van der Waals surface area contributed by atoms with Crippen LogP contribution in [0.4, 0.5) is 23.7 Å². The third kappa shape index (κ3) is 5.48. The maximum Gasteiger partial charge on any atom is 0.322 e. The number of hydrogen-bond acceptors (Lipinski definition) is 4. The van der Waals surface area contributed by atoms with Gasteiger partial charge in [0.25, 0.3) is 0 Å². The molecule has 1 N–H and O–H groups in total. The zero-order chi connectivity index (χ0) is 24.1. The van der Waals surface area contributed by atoms with Gasteiger partial charge in [0.05, 0.1) is 25.1 Å². The minimum Gasteiger partial charge on any atom is -0.495 e. The number of nitrogens with one attached hydrogen (secondary N) is 1. The number of benzene rings is 3. The minimum atomic E-state index is -0.736. The van der Waals surface area contributed by atoms with Gasteiger partial charge in [-0.05, 0) is 42.0 Å². The number of amides is 2. The Kier molecular flexibility index (Phi) is 7.01. The van der Waals surface area contributed by atoms with E-state index in [0.29, 0.717) is 22.7 Å². The molecular formula is C25H22F3N3O3. The molecule has 1 atom stereocenters. The minimum absolute atomic E-state index is 0.119. The number of urea groups is 1. The second kappa shape index (κ2) is 10.3. The van der Waals surface area contributed by atoms with Crippen molar-refractivity contribution in [1.29, 1.82) is 0 Å². The quantitative estimate of drug-likeness (QED) is 0.508. The van der Waals surface area contributed by atoms with Gasteiger partial charge in [0, 0.05) is 24.6 Å². The summed E-state index contributed by atoms with van der Waals surface area (Å²) < 4.78 is 46.0. The smallest absolute Gasteiger partial charge is 0.322 e. The van der Waals surface area contributed by atoms with Crippen LogP contribution >= 0.6 is 0 Å². The molecule has 0 spiro atoms. The van der Waals surface area contributed by atoms with Gasteiger partial charge >= 0.3 is 6.03 Å². The third-order valence-corrected chi connectivity index (χ3v) is 5.32. The Labute approximate surface area is 194 Å². The number of carbonyl (C=O) groups excluding carboxylic acids is 1. The number of ether oxygens (including phenoxy) is 1. The fraction of sp³-hybridized carbons (Fsp3) is 0.200. The first-order chi connectivity index (χ1) is 16.4. The van der Waals surface area contributed by atoms with Gasteiger partial charge in [-0.3, -0.25) is 0 Å². The van der Waals surface area contributed by atoms with Crippen molar-refractivity contribution < 1.29 is 27.5 Å². The zero-order valence-corrected chi connectivity index (χ0v) is 18.3. The number of para-hydroxylation sites is 2. The molecule has 0 fully saturated rings. The Morgan fingerprint density at radius 2 is 1.82 bits per heavy atom. The van der Waals surface area contributed by atoms with Gasteiger partial charge in [-0.15, -0.1) is 0 Å². The first-order valence-corrected chi connectivity index (χ1v) is 10.5. The molecule has 6 nitrogen and oxygen atoms in total. The van der Waals surface area contributed by atoms with Crippen LogP contribution in [0.1, 0.15) is 17.5 Å². The van der Waals surface area contributed by atoms with Crippen molar-refractivity contribution in [1.82, 2.24) is 4.90 Å². The van der Waals surface area contributed by atoms with Crippen molar-refractivity contribution in [3.8, 4) is 5.75 Å². The largest absolute Gasteiger partial charge is 0.495 e. The Morgan fingerprint density at radius 1 is 1.09 bits per heavy atom. The van der Waals surface area contributed by atoms with Crippen molar-refractivity contribution in [3.05, 3.63) is 95.3 Å². The molecule has 1 aliphatic rings. The topological polar surface area (TPSA) is 63.2 Å². The summed E-state index contributed by atoms with van der Waals surface area (Å²) in [5, 5.41) is 6.77. The van der Waals surface area contributed by atoms with Crippen LogP contribution in [0.15, 0.2) is 71.9 Å². The molecule has 1 unspecified atom stereocenters. The van der Waals surface area contributed by atoms with Crippen LogP contribution in [0, 0.1) is 17.5 Å². The Hall–Kier alpha value is -4.01. The summed E-state index contributed by atoms with van der Waals surface area (Å²) in [4.78, 5) is 20.1. The maximum atomic E-state index is 14.2. The van der Waals surface area contributed by atoms with Gasteiger partial charge in [0.1, 0.15) is 23.2 Å². The summed E-state index contributed by atoms with van der Waals surface area (Å²) in [6, 6.07) is 15.6. The lowest BCUT2D eigenvalue weighted by atomic mass is 10.0. The molecule has 34 heavy (non-hydrogen) atoms. The second-order valence-electron chi connectivity index (χ2n) is 7.73. The molecule has 0 aromatic heterocycles. The molecule has 0 bridgehead atoms. The van der Waals surface area contributed by atoms with E-state index in [-0.39, 0.29) is 30.9 Å². The van der Waals surface area contributed by atoms with E-state index in [2.05, 4.69) is 10.5 Å². The van der Waals surface area contributed by atoms with E-state index in [1.165, 1.54) is 30.2 Å². The van der Waals surface area contributed by atoms with Crippen LogP contribution in [-0.2, 0) is 11.4 Å². The van der Waals surface area contributed by atoms with E-state index in [1.807, 2.05) is 0 Å². The highest BCUT2D eigenvalue weighted by molar-refractivity contribution is 6.01. The summed E-state index contributed by atoms with van der Waals surface area (Å²) in [7, 11) is 1.50. The summed E-state index contributed by atoms with van der Waals surface area (Å²) >= 11 is 0. The number of methoxy groups -OCH3 is 1. The predicted molar refractivity (Wildman–Crippen MR) is 121 cm³/mol. The Bertz CT molecular complexity index is 1200. The van der Waals surface area contributed by atoms with Gasteiger partial charge in [-0.1, -0.05) is 29.4 Å². The maximum absolute atomic E-state index is 14.2. The third-order valence-electron chi connectivity index (χ3n) is 5.32. The fourth-order valence-corrected chi connectivity index (χ4v) is 3.63. The van der Waals surface area contributed by atoms with Crippen LogP contribution in [0.25, 0.3) is 0 Å². The van der Waals surface area contributed by atoms with Crippen molar-refractivity contribution >= 4 is 17.4 Å². The molecule has 1 aliphatic heterocycles. The number of oxime groups is 1. The first kappa shape index (κ1) is 23.2. The molecule has 3 aromatic rings. The van der Waals surface area contributed by atoms with Crippen molar-refractivity contribution in [2.24, 2.45) is 5.16 Å². The summed E-state index contributed by atoms with van der Waals surface area (Å²) in [5.41, 5.74) is 1.67. The fourth-order valence-electron chi connectivity index (χ4n) is 3.63. The van der Waals surface area contributed by atoms with E-state index < -0.39 is 23.8 Å². The first-order valence-electron chi connectivity index (χ1n) is 10.5. The van der Waals surface area contributed by atoms with Crippen LogP contribution < -0.4 is 10.1 Å². The van der Waals surface area contributed by atoms with Gasteiger partial charge in [0.2, 0.25) is 0 Å². The van der Waals surface area contributed by atoms with Gasteiger partial charge in [-0.25, -0.2) is 18.0 Å². The summed E-state index contributed by atoms with van der Waals surface area (Å²) in [6.45, 7) is 0.287. The second-order valence-corrected chi connectivity index (χ2v) is 7.73. The molecule has 3 aromatic carbocycles. The summed E-state index contributed by atoms with van der Waals surface area (Å²) in [5.74, 6) is -1.31. The number of rotatable bonds is 7. The molecule has 0 radical (unpaired) electrons. The number of nitrogens with zero attached hydrogens (tertiary/aromatic N) is 2. The Morgan fingerprint density at radius 3 is 2.56 bits per heavy atom. The normalized spacial score (nSPS) is 14.8. The van der Waals surface area contributed by atoms with E-state index in [0.717, 1.165) is 12.1 Å². The number of carbonyl (C=O) groups is 1. The van der Waals surface area contributed by atoms with E-state index in [4.69, 9.17) is 9.57 Å². The van der Waals surface area contributed by atoms with Gasteiger partial charge < -0.3 is 19.8 Å². The molecule has 2 amide bonds. The van der Waals surface area contributed by atoms with E-state index >= 15 is 0 Å². The van der Waals surface area contributed by atoms with Crippen LogP contribution in [0.2, 0.25) is 0 Å². The number of halogens is 3. The average Bonchev–Trinajstić information content (AvgIpc) is 3.28. The molecule has 0 aliphatic carbocycles. The SMILES string of the molecule is COc1ccccc1NC(=O)N(Cc1ccc(F)cc1)CC1CC(c2ccc(F)cc2F)=NO1. The van der Waals surface area contributed by atoms with Gasteiger partial charge in [0.15, 0.2) is 6.10 Å². The van der Waals surface area contributed by atoms with E-state index in [9.17, 15) is 18.0 Å². The highest BCUT2D eigenvalue weighted by atomic mass is 19.1. The highest BCUT2D eigenvalue weighted by Gasteiger charge is 2.28. The Balaban J connectivity index is 1.50. The highest BCUT2D eigenvalue weighted by Crippen LogP contribution is 2.25. The van der Waals surface area contributed by atoms with Gasteiger partial charge in [-0.2, -0.15) is 0 Å². The zero-order valence-electron chi connectivity index (χ0n) is 18.3. The molecule has 0 saturated carbocycles. The van der Waals surface area contributed by atoms with Crippen molar-refractivity contribution in [2.45, 2.75) is 19.1 Å². The molecule has 4 rings (SSSR count). The molecule has 1 heterocycles. The molecule has 9 heteroatoms. The summed E-state index contributed by atoms with van der Waals surface area (Å²) in [6.07, 6.45) is -0.326. The molecular weight excluding hydrogens is 447 g/mol. The number of hydrogen-bond donors (Lipinski definition) is 1. The standard InChI is InChI=1S/C25H22F3N3O3/c1-33-24-5-3-2-4-22(24)29-25(32)31(14-16-6-8-17(26)9-7-16)15-19-13-23(30-34-19)20-11-10-18(27)12-21(20)28/h2-12,19H,13-15H2,1H3,(H,29,32). The monoisotopic (exact) mass is 469 g/mol. The van der Waals surface area contributed by atoms with E-state index in [1.54, 1.807) is 36.4 Å². The average molecular weight is 469 g/mol. The lowest BCUT2D eigenvalue weighted by Gasteiger charge is -2.25. The van der Waals surface area contributed by atoms with Crippen LogP contribution in [0.3, 0.4) is 0 Å². The van der Waals surface area contributed by atoms with Crippen LogP contribution in [-0.4, -0.2) is 36.4 Å². The van der Waals surface area contributed by atoms with Crippen molar-refractivity contribution in [3.63, 3.8) is 0 Å². The predicted octanol–water partition coefficient (Wildman–Crippen LogP) is 5.34. The van der Waals surface area contributed by atoms with Crippen LogP contribution in [0.5, 0.6) is 5.75 Å².